The van der Waals surface area contributed by atoms with Crippen LogP contribution < -0.4 is 5.73 Å². The van der Waals surface area contributed by atoms with Gasteiger partial charge in [-0.25, -0.2) is 0 Å². The molecule has 0 aromatic heterocycles. The first-order valence-corrected chi connectivity index (χ1v) is 6.68. The molecule has 0 fully saturated rings. The number of hydrogen-bond acceptors (Lipinski definition) is 4. The largest absolute Gasteiger partial charge is 0.468 e. The Morgan fingerprint density at radius 2 is 1.65 bits per heavy atom. The van der Waals surface area contributed by atoms with Crippen LogP contribution in [0.3, 0.4) is 0 Å². The fourth-order valence-electron chi connectivity index (χ4n) is 1.73. The number of carbonyl (C=O) groups excluding carboxylic acids is 2. The maximum absolute atomic E-state index is 11.9. The van der Waals surface area contributed by atoms with Gasteiger partial charge < -0.3 is 10.5 Å². The third-order valence-corrected chi connectivity index (χ3v) is 3.18. The number of nitrogens with two attached hydrogens (primary N) is 1. The number of Topliss-reactive ketones (excluding diaryl/α,β-unsaturated/α-hetero) is 1. The second-order valence-corrected chi connectivity index (χ2v) is 6.00. The summed E-state index contributed by atoms with van der Waals surface area (Å²) >= 11 is 0. The van der Waals surface area contributed by atoms with Crippen molar-refractivity contribution in [3.63, 3.8) is 0 Å². The molecule has 0 aliphatic rings. The molecule has 4 heteroatoms. The molecule has 0 radical (unpaired) electrons. The maximum Gasteiger partial charge on any atom is 0.322 e. The Kier molecular flexibility index (Phi) is 5.45. The van der Waals surface area contributed by atoms with E-state index in [-0.39, 0.29) is 11.2 Å². The molecule has 0 bridgehead atoms. The van der Waals surface area contributed by atoms with Crippen LogP contribution in [0.5, 0.6) is 0 Å². The van der Waals surface area contributed by atoms with Gasteiger partial charge in [0.05, 0.1) is 7.11 Å². The molecule has 110 valence electrons. The summed E-state index contributed by atoms with van der Waals surface area (Å²) < 4.78 is 4.59. The zero-order valence-corrected chi connectivity index (χ0v) is 12.6. The Bertz CT molecular complexity index is 471. The Hall–Kier alpha value is -1.68. The Labute approximate surface area is 120 Å². The normalized spacial score (nSPS) is 12.8. The van der Waals surface area contributed by atoms with E-state index in [4.69, 9.17) is 5.73 Å². The molecule has 0 saturated heterocycles. The van der Waals surface area contributed by atoms with Crippen molar-refractivity contribution in [1.29, 1.82) is 0 Å². The van der Waals surface area contributed by atoms with Gasteiger partial charge in [-0.1, -0.05) is 45.0 Å². The highest BCUT2D eigenvalue weighted by atomic mass is 16.5. The molecule has 0 saturated carbocycles. The SMILES string of the molecule is COC(=O)[C@@H](N)Cc1ccc(CC(=O)C(C)(C)C)cc1. The van der Waals surface area contributed by atoms with E-state index in [0.29, 0.717) is 12.8 Å². The first kappa shape index (κ1) is 16.4. The van der Waals surface area contributed by atoms with Crippen molar-refractivity contribution in [3.05, 3.63) is 35.4 Å². The van der Waals surface area contributed by atoms with Crippen molar-refractivity contribution in [1.82, 2.24) is 0 Å². The molecular weight excluding hydrogens is 254 g/mol. The molecular formula is C16H23NO3. The van der Waals surface area contributed by atoms with Gasteiger partial charge in [0, 0.05) is 11.8 Å². The van der Waals surface area contributed by atoms with E-state index >= 15 is 0 Å². The summed E-state index contributed by atoms with van der Waals surface area (Å²) in [5, 5.41) is 0. The molecule has 1 aromatic rings. The predicted octanol–water partition coefficient (Wildman–Crippen LogP) is 1.89. The second-order valence-electron chi connectivity index (χ2n) is 6.00. The number of hydrogen-bond donors (Lipinski definition) is 1. The lowest BCUT2D eigenvalue weighted by molar-refractivity contribution is -0.142. The van der Waals surface area contributed by atoms with Crippen molar-refractivity contribution in [2.45, 2.75) is 39.7 Å². The van der Waals surface area contributed by atoms with Gasteiger partial charge in [0.1, 0.15) is 11.8 Å². The molecule has 0 amide bonds. The standard InChI is InChI=1S/C16H23NO3/c1-16(2,3)14(18)10-12-7-5-11(6-8-12)9-13(17)15(19)20-4/h5-8,13H,9-10,17H2,1-4H3/t13-/m0/s1. The number of carbonyl (C=O) groups is 2. The molecule has 0 aliphatic carbocycles. The van der Waals surface area contributed by atoms with Crippen LogP contribution in [0.2, 0.25) is 0 Å². The van der Waals surface area contributed by atoms with E-state index in [2.05, 4.69) is 4.74 Å². The van der Waals surface area contributed by atoms with Gasteiger partial charge in [0.15, 0.2) is 0 Å². The molecule has 2 N–H and O–H groups in total. The van der Waals surface area contributed by atoms with E-state index < -0.39 is 12.0 Å². The van der Waals surface area contributed by atoms with Gasteiger partial charge in [-0.05, 0) is 17.5 Å². The van der Waals surface area contributed by atoms with E-state index in [1.54, 1.807) is 0 Å². The third-order valence-electron chi connectivity index (χ3n) is 3.18. The summed E-state index contributed by atoms with van der Waals surface area (Å²) in [5.41, 5.74) is 7.31. The van der Waals surface area contributed by atoms with E-state index in [1.165, 1.54) is 7.11 Å². The minimum Gasteiger partial charge on any atom is -0.468 e. The summed E-state index contributed by atoms with van der Waals surface area (Å²) in [6, 6.07) is 6.95. The minimum atomic E-state index is -0.651. The fourth-order valence-corrected chi connectivity index (χ4v) is 1.73. The number of ether oxygens (including phenoxy) is 1. The molecule has 1 atom stereocenters. The topological polar surface area (TPSA) is 69.4 Å². The van der Waals surface area contributed by atoms with Crippen LogP contribution in [0.15, 0.2) is 24.3 Å². The van der Waals surface area contributed by atoms with Crippen molar-refractivity contribution in [2.24, 2.45) is 11.1 Å². The predicted molar refractivity (Wildman–Crippen MR) is 78.3 cm³/mol. The van der Waals surface area contributed by atoms with Gasteiger partial charge in [-0.15, -0.1) is 0 Å². The molecule has 1 aromatic carbocycles. The van der Waals surface area contributed by atoms with Crippen LogP contribution in [-0.2, 0) is 27.2 Å². The number of rotatable bonds is 5. The summed E-state index contributed by atoms with van der Waals surface area (Å²) in [7, 11) is 1.32. The average Bonchev–Trinajstić information content (AvgIpc) is 2.38. The summed E-state index contributed by atoms with van der Waals surface area (Å²) in [6.45, 7) is 5.75. The van der Waals surface area contributed by atoms with Gasteiger partial charge in [-0.2, -0.15) is 0 Å². The van der Waals surface area contributed by atoms with Crippen LogP contribution in [-0.4, -0.2) is 24.9 Å². The third kappa shape index (κ3) is 4.78. The van der Waals surface area contributed by atoms with Gasteiger partial charge >= 0.3 is 5.97 Å². The smallest absolute Gasteiger partial charge is 0.322 e. The fraction of sp³-hybridized carbons (Fsp3) is 0.500. The van der Waals surface area contributed by atoms with Crippen LogP contribution in [0.25, 0.3) is 0 Å². The van der Waals surface area contributed by atoms with Crippen molar-refractivity contribution in [3.8, 4) is 0 Å². The monoisotopic (exact) mass is 277 g/mol. The lowest BCUT2D eigenvalue weighted by atomic mass is 9.87. The zero-order chi connectivity index (χ0) is 15.3. The summed E-state index contributed by atoms with van der Waals surface area (Å²) in [6.07, 6.45) is 0.854. The first-order chi connectivity index (χ1) is 9.24. The molecule has 4 nitrogen and oxygen atoms in total. The van der Waals surface area contributed by atoms with Gasteiger partial charge in [0.2, 0.25) is 0 Å². The minimum absolute atomic E-state index is 0.205. The van der Waals surface area contributed by atoms with Crippen LogP contribution in [0.1, 0.15) is 31.9 Å². The molecule has 0 aliphatic heterocycles. The molecule has 1 rings (SSSR count). The molecule has 0 spiro atoms. The zero-order valence-electron chi connectivity index (χ0n) is 12.6. The quantitative estimate of drug-likeness (QED) is 0.834. The lowest BCUT2D eigenvalue weighted by Crippen LogP contribution is -2.33. The van der Waals surface area contributed by atoms with Gasteiger partial charge in [-0.3, -0.25) is 9.59 Å². The second kappa shape index (κ2) is 6.66. The number of benzene rings is 1. The lowest BCUT2D eigenvalue weighted by Gasteiger charge is -2.16. The van der Waals surface area contributed by atoms with Crippen LogP contribution in [0, 0.1) is 5.41 Å². The van der Waals surface area contributed by atoms with Crippen molar-refractivity contribution >= 4 is 11.8 Å². The highest BCUT2D eigenvalue weighted by molar-refractivity contribution is 5.85. The Balaban J connectivity index is 2.65. The average molecular weight is 277 g/mol. The number of methoxy groups -OCH3 is 1. The Morgan fingerprint density at radius 3 is 2.10 bits per heavy atom. The first-order valence-electron chi connectivity index (χ1n) is 6.68. The number of ketones is 1. The molecule has 0 heterocycles. The highest BCUT2D eigenvalue weighted by Gasteiger charge is 2.21. The van der Waals surface area contributed by atoms with E-state index in [1.807, 2.05) is 45.0 Å². The summed E-state index contributed by atoms with van der Waals surface area (Å²) in [4.78, 5) is 23.2. The van der Waals surface area contributed by atoms with Crippen molar-refractivity contribution in [2.75, 3.05) is 7.11 Å². The maximum atomic E-state index is 11.9. The summed E-state index contributed by atoms with van der Waals surface area (Å²) in [5.74, 6) is -0.214. The van der Waals surface area contributed by atoms with Crippen LogP contribution >= 0.6 is 0 Å². The highest BCUT2D eigenvalue weighted by Crippen LogP contribution is 2.18. The molecule has 20 heavy (non-hydrogen) atoms. The van der Waals surface area contributed by atoms with E-state index in [0.717, 1.165) is 11.1 Å². The molecule has 0 unspecified atom stereocenters. The van der Waals surface area contributed by atoms with E-state index in [9.17, 15) is 9.59 Å². The van der Waals surface area contributed by atoms with Gasteiger partial charge in [0.25, 0.3) is 0 Å². The Morgan fingerprint density at radius 1 is 1.15 bits per heavy atom. The van der Waals surface area contributed by atoms with Crippen LogP contribution in [0.4, 0.5) is 0 Å². The number of esters is 1. The van der Waals surface area contributed by atoms with Crippen molar-refractivity contribution < 1.29 is 14.3 Å².